The first-order valence-electron chi connectivity index (χ1n) is 10.7. The van der Waals surface area contributed by atoms with Gasteiger partial charge in [0, 0.05) is 11.1 Å². The van der Waals surface area contributed by atoms with E-state index in [1.807, 2.05) is 0 Å². The molecular weight excluding hydrogens is 348 g/mol. The molecule has 0 atom stereocenters. The van der Waals surface area contributed by atoms with Gasteiger partial charge in [0.25, 0.3) is 0 Å². The summed E-state index contributed by atoms with van der Waals surface area (Å²) in [6, 6.07) is 26.1. The predicted molar refractivity (Wildman–Crippen MR) is 126 cm³/mol. The maximum atomic E-state index is 3.28. The van der Waals surface area contributed by atoms with Gasteiger partial charge in [0.1, 0.15) is 0 Å². The molecule has 0 radical (unpaired) electrons. The third-order valence-electron chi connectivity index (χ3n) is 5.13. The molecule has 0 bridgehead atoms. The van der Waals surface area contributed by atoms with Gasteiger partial charge < -0.3 is 0 Å². The molecule has 3 aromatic rings. The molecule has 0 aliphatic carbocycles. The van der Waals surface area contributed by atoms with E-state index in [9.17, 15) is 0 Å². The molecule has 0 heterocycles. The van der Waals surface area contributed by atoms with Crippen LogP contribution in [0.2, 0.25) is 0 Å². The van der Waals surface area contributed by atoms with Crippen molar-refractivity contribution in [3.8, 4) is 23.0 Å². The maximum absolute atomic E-state index is 3.28. The van der Waals surface area contributed by atoms with Crippen molar-refractivity contribution in [3.63, 3.8) is 0 Å². The number of rotatable bonds is 7. The second kappa shape index (κ2) is 11.1. The predicted octanol–water partition coefficient (Wildman–Crippen LogP) is 7.60. The highest BCUT2D eigenvalue weighted by Crippen LogP contribution is 2.21. The minimum atomic E-state index is 1.05. The topological polar surface area (TPSA) is 0 Å². The highest BCUT2D eigenvalue weighted by atomic mass is 14.0. The molecule has 0 nitrogen and oxygen atoms in total. The van der Waals surface area contributed by atoms with Crippen LogP contribution in [0.15, 0.2) is 84.9 Å². The molecule has 0 heteroatoms. The van der Waals surface area contributed by atoms with E-state index in [0.717, 1.165) is 24.0 Å². The fourth-order valence-corrected chi connectivity index (χ4v) is 3.31. The van der Waals surface area contributed by atoms with Crippen LogP contribution in [0.3, 0.4) is 0 Å². The largest absolute Gasteiger partial charge is 0.0917 e. The van der Waals surface area contributed by atoms with Gasteiger partial charge in [-0.15, -0.1) is 0 Å². The third kappa shape index (κ3) is 6.51. The van der Waals surface area contributed by atoms with Gasteiger partial charge in [0.05, 0.1) is 0 Å². The molecule has 0 unspecified atom stereocenters. The molecule has 0 fully saturated rings. The van der Waals surface area contributed by atoms with E-state index in [-0.39, 0.29) is 0 Å². The first-order valence-corrected chi connectivity index (χ1v) is 10.7. The molecule has 0 aliphatic rings. The molecule has 0 aliphatic heterocycles. The molecule has 0 amide bonds. The Morgan fingerprint density at radius 3 is 1.69 bits per heavy atom. The van der Waals surface area contributed by atoms with Gasteiger partial charge in [0.15, 0.2) is 0 Å². The monoisotopic (exact) mass is 378 g/mol. The lowest BCUT2D eigenvalue weighted by molar-refractivity contribution is 0.795. The Bertz CT molecular complexity index is 959. The van der Waals surface area contributed by atoms with Crippen LogP contribution in [0.4, 0.5) is 0 Å². The summed E-state index contributed by atoms with van der Waals surface area (Å²) >= 11 is 0. The van der Waals surface area contributed by atoms with Crippen molar-refractivity contribution in [3.05, 3.63) is 107 Å². The number of allylic oxidation sites excluding steroid dienone is 2. The van der Waals surface area contributed by atoms with Crippen LogP contribution in [0.25, 0.3) is 11.1 Å². The van der Waals surface area contributed by atoms with Crippen LogP contribution in [0.5, 0.6) is 0 Å². The van der Waals surface area contributed by atoms with E-state index in [0.29, 0.717) is 0 Å². The van der Waals surface area contributed by atoms with Crippen LogP contribution >= 0.6 is 0 Å². The van der Waals surface area contributed by atoms with Crippen molar-refractivity contribution in [2.45, 2.75) is 46.0 Å². The molecule has 0 saturated carbocycles. The molecule has 0 aromatic heterocycles. The van der Waals surface area contributed by atoms with Crippen molar-refractivity contribution < 1.29 is 0 Å². The summed E-state index contributed by atoms with van der Waals surface area (Å²) in [5.74, 6) is 6.56. The smallest absolute Gasteiger partial charge is 0.0249 e. The average molecular weight is 379 g/mol. The highest BCUT2D eigenvalue weighted by Gasteiger charge is 1.99. The Kier molecular flexibility index (Phi) is 7.90. The first kappa shape index (κ1) is 20.7. The standard InChI is InChI=1S/C29H30/c1-3-5-7-9-25-10-12-26(13-11-25)14-15-27-18-22-29(23-19-27)28-20-16-24(17-21-28)8-6-4-2/h3,5,10-13,16-23H,4,6-9H2,1-2H3/b5-3+. The molecule has 3 rings (SSSR count). The second-order valence-corrected chi connectivity index (χ2v) is 7.43. The van der Waals surface area contributed by atoms with Crippen LogP contribution < -0.4 is 0 Å². The zero-order valence-corrected chi connectivity index (χ0v) is 17.6. The van der Waals surface area contributed by atoms with Crippen molar-refractivity contribution in [1.82, 2.24) is 0 Å². The van der Waals surface area contributed by atoms with Gasteiger partial charge in [-0.2, -0.15) is 0 Å². The molecule has 29 heavy (non-hydrogen) atoms. The minimum absolute atomic E-state index is 1.05. The summed E-state index contributed by atoms with van der Waals surface area (Å²) in [4.78, 5) is 0. The maximum Gasteiger partial charge on any atom is 0.0249 e. The van der Waals surface area contributed by atoms with Gasteiger partial charge in [-0.1, -0.05) is 85.9 Å². The van der Waals surface area contributed by atoms with Crippen molar-refractivity contribution in [1.29, 1.82) is 0 Å². The Balaban J connectivity index is 1.62. The quantitative estimate of drug-likeness (QED) is 0.293. The highest BCUT2D eigenvalue weighted by molar-refractivity contribution is 5.64. The van der Waals surface area contributed by atoms with Gasteiger partial charge in [-0.05, 0) is 79.1 Å². The Labute approximate surface area is 176 Å². The van der Waals surface area contributed by atoms with E-state index < -0.39 is 0 Å². The van der Waals surface area contributed by atoms with Crippen LogP contribution in [0.1, 0.15) is 55.4 Å². The van der Waals surface area contributed by atoms with Gasteiger partial charge in [0.2, 0.25) is 0 Å². The normalized spacial score (nSPS) is 10.7. The van der Waals surface area contributed by atoms with Crippen molar-refractivity contribution >= 4 is 0 Å². The zero-order valence-electron chi connectivity index (χ0n) is 17.6. The number of aryl methyl sites for hydroxylation is 2. The van der Waals surface area contributed by atoms with E-state index in [4.69, 9.17) is 0 Å². The summed E-state index contributed by atoms with van der Waals surface area (Å²) in [5, 5.41) is 0. The van der Waals surface area contributed by atoms with Gasteiger partial charge >= 0.3 is 0 Å². The Morgan fingerprint density at radius 1 is 0.655 bits per heavy atom. The first-order chi connectivity index (χ1) is 14.3. The van der Waals surface area contributed by atoms with Gasteiger partial charge in [-0.3, -0.25) is 0 Å². The molecule has 3 aromatic carbocycles. The molecule has 146 valence electrons. The second-order valence-electron chi connectivity index (χ2n) is 7.43. The molecule has 0 saturated heterocycles. The number of hydrogen-bond acceptors (Lipinski definition) is 0. The van der Waals surface area contributed by atoms with E-state index in [1.165, 1.54) is 41.5 Å². The average Bonchev–Trinajstić information content (AvgIpc) is 2.78. The summed E-state index contributed by atoms with van der Waals surface area (Å²) in [6.07, 6.45) is 10.2. The van der Waals surface area contributed by atoms with Crippen molar-refractivity contribution in [2.24, 2.45) is 0 Å². The summed E-state index contributed by atoms with van der Waals surface area (Å²) in [6.45, 7) is 4.30. The van der Waals surface area contributed by atoms with Crippen LogP contribution in [0, 0.1) is 11.8 Å². The number of hydrogen-bond donors (Lipinski definition) is 0. The minimum Gasteiger partial charge on any atom is -0.0917 e. The Hall–Kier alpha value is -3.04. The SMILES string of the molecule is C/C=C/CCc1ccc(C#Cc2ccc(-c3ccc(CCCC)cc3)cc2)cc1. The third-order valence-corrected chi connectivity index (χ3v) is 5.13. The molecule has 0 spiro atoms. The van der Waals surface area contributed by atoms with Crippen molar-refractivity contribution in [2.75, 3.05) is 0 Å². The fourth-order valence-electron chi connectivity index (χ4n) is 3.31. The van der Waals surface area contributed by atoms with Crippen LogP contribution in [-0.4, -0.2) is 0 Å². The summed E-state index contributed by atoms with van der Waals surface area (Å²) in [7, 11) is 0. The lowest BCUT2D eigenvalue weighted by Gasteiger charge is -2.04. The zero-order chi connectivity index (χ0) is 20.3. The lowest BCUT2D eigenvalue weighted by Crippen LogP contribution is -1.85. The van der Waals surface area contributed by atoms with Crippen LogP contribution in [-0.2, 0) is 12.8 Å². The summed E-state index contributed by atoms with van der Waals surface area (Å²) < 4.78 is 0. The molecular formula is C29H30. The van der Waals surface area contributed by atoms with Gasteiger partial charge in [-0.25, -0.2) is 0 Å². The number of benzene rings is 3. The van der Waals surface area contributed by atoms with E-state index in [2.05, 4.69) is 111 Å². The van der Waals surface area contributed by atoms with E-state index in [1.54, 1.807) is 0 Å². The fraction of sp³-hybridized carbons (Fsp3) is 0.241. The Morgan fingerprint density at radius 2 is 1.14 bits per heavy atom. The van der Waals surface area contributed by atoms with E-state index >= 15 is 0 Å². The number of unbranched alkanes of at least 4 members (excludes halogenated alkanes) is 1. The molecule has 0 N–H and O–H groups in total. The summed E-state index contributed by atoms with van der Waals surface area (Å²) in [5.41, 5.74) is 7.39. The lowest BCUT2D eigenvalue weighted by atomic mass is 10.0.